The number of amides is 3. The van der Waals surface area contributed by atoms with Gasteiger partial charge in [0.15, 0.2) is 0 Å². The zero-order chi connectivity index (χ0) is 30.8. The summed E-state index contributed by atoms with van der Waals surface area (Å²) in [5.74, 6) is -0.598. The normalized spacial score (nSPS) is 19.8. The maximum Gasteiger partial charge on any atom is 0.416 e. The zero-order valence-corrected chi connectivity index (χ0v) is 24.1. The van der Waals surface area contributed by atoms with Crippen molar-refractivity contribution in [2.75, 3.05) is 38.1 Å². The van der Waals surface area contributed by atoms with Crippen molar-refractivity contribution in [1.29, 1.82) is 0 Å². The third-order valence-electron chi connectivity index (χ3n) is 7.46. The van der Waals surface area contributed by atoms with Crippen LogP contribution in [0.4, 0.5) is 23.7 Å². The molecule has 1 aromatic heterocycles. The van der Waals surface area contributed by atoms with E-state index in [-0.39, 0.29) is 42.9 Å². The summed E-state index contributed by atoms with van der Waals surface area (Å²) >= 11 is 0. The minimum atomic E-state index is -4.52. The molecule has 43 heavy (non-hydrogen) atoms. The highest BCUT2D eigenvalue weighted by atomic mass is 32.2. The quantitative estimate of drug-likeness (QED) is 0.417. The van der Waals surface area contributed by atoms with Crippen molar-refractivity contribution in [3.05, 3.63) is 72.1 Å². The molecule has 0 aliphatic carbocycles. The van der Waals surface area contributed by atoms with Crippen molar-refractivity contribution in [2.24, 2.45) is 0 Å². The molecule has 0 bridgehead atoms. The van der Waals surface area contributed by atoms with E-state index < -0.39 is 39.7 Å². The number of nitrogens with zero attached hydrogens (tertiary/aromatic N) is 4. The minimum absolute atomic E-state index is 0.0624. The number of carbonyl (C=O) groups is 2. The van der Waals surface area contributed by atoms with E-state index >= 15 is 0 Å². The number of hydrogen-bond donors (Lipinski definition) is 2. The lowest BCUT2D eigenvalue weighted by Crippen LogP contribution is -2.62. The molecule has 3 amide bonds. The first kappa shape index (κ1) is 30.5. The Morgan fingerprint density at radius 2 is 1.79 bits per heavy atom. The van der Waals surface area contributed by atoms with Crippen LogP contribution in [0.25, 0.3) is 5.69 Å². The summed E-state index contributed by atoms with van der Waals surface area (Å²) in [4.78, 5) is 27.7. The van der Waals surface area contributed by atoms with Crippen LogP contribution in [0.2, 0.25) is 0 Å². The molecule has 11 nitrogen and oxygen atoms in total. The summed E-state index contributed by atoms with van der Waals surface area (Å²) in [5, 5.41) is 9.56. The number of carbonyl (C=O) groups excluding carboxylic acids is 2. The lowest BCUT2D eigenvalue weighted by atomic mass is 10.2. The number of alkyl halides is 3. The fraction of sp³-hybridized carbons (Fsp3) is 0.393. The van der Waals surface area contributed by atoms with Gasteiger partial charge in [-0.05, 0) is 56.2 Å². The van der Waals surface area contributed by atoms with Gasteiger partial charge in [0.25, 0.3) is 0 Å². The molecule has 5 rings (SSSR count). The van der Waals surface area contributed by atoms with Crippen LogP contribution in [0.3, 0.4) is 0 Å². The van der Waals surface area contributed by atoms with Crippen LogP contribution >= 0.6 is 0 Å². The van der Waals surface area contributed by atoms with Gasteiger partial charge < -0.3 is 20.3 Å². The molecular weight excluding hydrogens is 589 g/mol. The highest BCUT2D eigenvalue weighted by Gasteiger charge is 2.43. The molecule has 2 saturated heterocycles. The van der Waals surface area contributed by atoms with Crippen molar-refractivity contribution < 1.29 is 35.9 Å². The number of rotatable bonds is 7. The molecule has 2 fully saturated rings. The number of hydrogen-bond acceptors (Lipinski definition) is 6. The topological polar surface area (TPSA) is 126 Å². The number of piperazine rings is 1. The largest absolute Gasteiger partial charge is 0.416 e. The Hall–Kier alpha value is -3.95. The molecule has 15 heteroatoms. The van der Waals surface area contributed by atoms with E-state index in [4.69, 9.17) is 4.74 Å². The molecular formula is C28H31F3N6O5S. The number of para-hydroxylation sites is 1. The Morgan fingerprint density at radius 3 is 2.44 bits per heavy atom. The molecule has 3 aromatic rings. The molecule has 2 aliphatic rings. The predicted octanol–water partition coefficient (Wildman–Crippen LogP) is 3.40. The molecule has 2 N–H and O–H groups in total. The van der Waals surface area contributed by atoms with Crippen molar-refractivity contribution in [3.63, 3.8) is 0 Å². The van der Waals surface area contributed by atoms with Crippen LogP contribution in [0.5, 0.6) is 0 Å². The summed E-state index contributed by atoms with van der Waals surface area (Å²) in [7, 11) is -4.25. The fourth-order valence-corrected chi connectivity index (χ4v) is 6.85. The van der Waals surface area contributed by atoms with Gasteiger partial charge in [0.2, 0.25) is 15.9 Å². The van der Waals surface area contributed by atoms with Gasteiger partial charge in [-0.15, -0.1) is 0 Å². The SMILES string of the molecule is Cc1c(S(=O)(=O)N2CCN(C(=O)Nc3ccc(C(F)(F)F)cc3)CC2C(=O)NCC2CCCO2)cnn1-c1ccccc1. The smallest absolute Gasteiger partial charge is 0.376 e. The van der Waals surface area contributed by atoms with Crippen molar-refractivity contribution in [2.45, 2.75) is 43.0 Å². The fourth-order valence-electron chi connectivity index (χ4n) is 5.14. The average Bonchev–Trinajstić information content (AvgIpc) is 3.66. The summed E-state index contributed by atoms with van der Waals surface area (Å²) in [6.07, 6.45) is -1.87. The Morgan fingerprint density at radius 1 is 1.07 bits per heavy atom. The molecule has 2 aromatic carbocycles. The number of aromatic nitrogens is 2. The first-order valence-corrected chi connectivity index (χ1v) is 15.1. The maximum absolute atomic E-state index is 14.0. The first-order chi connectivity index (χ1) is 20.4. The molecule has 2 unspecified atom stereocenters. The zero-order valence-electron chi connectivity index (χ0n) is 23.3. The Kier molecular flexibility index (Phi) is 8.76. The lowest BCUT2D eigenvalue weighted by Gasteiger charge is -2.39. The number of nitrogens with one attached hydrogen (secondary N) is 2. The summed E-state index contributed by atoms with van der Waals surface area (Å²) < 4.78 is 74.8. The summed E-state index contributed by atoms with van der Waals surface area (Å²) in [5.41, 5.74) is 0.277. The van der Waals surface area contributed by atoms with Gasteiger partial charge >= 0.3 is 12.2 Å². The summed E-state index contributed by atoms with van der Waals surface area (Å²) in [6.45, 7) is 1.84. The monoisotopic (exact) mass is 620 g/mol. The molecule has 230 valence electrons. The number of anilines is 1. The van der Waals surface area contributed by atoms with E-state index in [1.54, 1.807) is 31.2 Å². The van der Waals surface area contributed by atoms with Crippen LogP contribution < -0.4 is 10.6 Å². The van der Waals surface area contributed by atoms with Crippen molar-refractivity contribution >= 4 is 27.6 Å². The first-order valence-electron chi connectivity index (χ1n) is 13.7. The lowest BCUT2D eigenvalue weighted by molar-refractivity contribution is -0.137. The predicted molar refractivity (Wildman–Crippen MR) is 150 cm³/mol. The Labute approximate surface area is 246 Å². The minimum Gasteiger partial charge on any atom is -0.376 e. The molecule has 0 saturated carbocycles. The third kappa shape index (κ3) is 6.68. The van der Waals surface area contributed by atoms with Crippen LogP contribution in [-0.4, -0.2) is 84.3 Å². The van der Waals surface area contributed by atoms with Gasteiger partial charge in [-0.3, -0.25) is 4.79 Å². The average molecular weight is 621 g/mol. The Balaban J connectivity index is 1.37. The van der Waals surface area contributed by atoms with E-state index in [9.17, 15) is 31.2 Å². The van der Waals surface area contributed by atoms with Gasteiger partial charge in [-0.1, -0.05) is 18.2 Å². The van der Waals surface area contributed by atoms with Crippen molar-refractivity contribution in [3.8, 4) is 5.69 Å². The Bertz CT molecular complexity index is 1560. The molecule has 2 aliphatic heterocycles. The van der Waals surface area contributed by atoms with Gasteiger partial charge in [-0.25, -0.2) is 17.9 Å². The molecule has 0 radical (unpaired) electrons. The van der Waals surface area contributed by atoms with E-state index in [2.05, 4.69) is 15.7 Å². The second-order valence-corrected chi connectivity index (χ2v) is 12.2. The van der Waals surface area contributed by atoms with Crippen LogP contribution in [-0.2, 0) is 25.7 Å². The molecule has 2 atom stereocenters. The van der Waals surface area contributed by atoms with E-state index in [1.807, 2.05) is 6.07 Å². The van der Waals surface area contributed by atoms with Crippen LogP contribution in [0.15, 0.2) is 65.7 Å². The third-order valence-corrected chi connectivity index (χ3v) is 9.48. The number of sulfonamides is 1. The highest BCUT2D eigenvalue weighted by Crippen LogP contribution is 2.30. The van der Waals surface area contributed by atoms with Gasteiger partial charge in [0, 0.05) is 38.5 Å². The highest BCUT2D eigenvalue weighted by molar-refractivity contribution is 7.89. The number of benzene rings is 2. The van der Waals surface area contributed by atoms with E-state index in [0.29, 0.717) is 18.0 Å². The van der Waals surface area contributed by atoms with E-state index in [1.165, 1.54) is 15.8 Å². The second-order valence-electron chi connectivity index (χ2n) is 10.3. The van der Waals surface area contributed by atoms with E-state index in [0.717, 1.165) is 41.4 Å². The van der Waals surface area contributed by atoms with Gasteiger partial charge in [-0.2, -0.15) is 22.6 Å². The number of urea groups is 1. The van der Waals surface area contributed by atoms with Crippen LogP contribution in [0, 0.1) is 6.92 Å². The van der Waals surface area contributed by atoms with Crippen LogP contribution in [0.1, 0.15) is 24.1 Å². The second kappa shape index (κ2) is 12.3. The molecule has 0 spiro atoms. The van der Waals surface area contributed by atoms with Gasteiger partial charge in [0.05, 0.1) is 29.2 Å². The summed E-state index contributed by atoms with van der Waals surface area (Å²) in [6, 6.07) is 11.0. The standard InChI is InChI=1S/C28H31F3N6O5S/c1-19-25(17-33-37(19)22-6-3-2-4-7-22)43(40,41)36-14-13-35(18-24(36)26(38)32-16-23-8-5-15-42-23)27(39)34-21-11-9-20(10-12-21)28(29,30)31/h2-4,6-7,9-12,17,23-24H,5,8,13-16,18H2,1H3,(H,32,38)(H,34,39). The van der Waals surface area contributed by atoms with Crippen molar-refractivity contribution in [1.82, 2.24) is 24.3 Å². The molecule has 3 heterocycles. The van der Waals surface area contributed by atoms with Gasteiger partial charge in [0.1, 0.15) is 10.9 Å². The maximum atomic E-state index is 14.0. The number of ether oxygens (including phenoxy) is 1. The number of halogens is 3.